The molecule has 0 spiro atoms. The first-order valence-electron chi connectivity index (χ1n) is 9.20. The van der Waals surface area contributed by atoms with E-state index in [1.54, 1.807) is 17.0 Å². The van der Waals surface area contributed by atoms with Crippen LogP contribution in [0.3, 0.4) is 0 Å². The van der Waals surface area contributed by atoms with Crippen molar-refractivity contribution in [1.82, 2.24) is 4.90 Å². The van der Waals surface area contributed by atoms with Crippen molar-refractivity contribution in [2.24, 2.45) is 0 Å². The number of aliphatic hydroxyl groups is 1. The topological polar surface area (TPSA) is 85.0 Å². The molecule has 6 heteroatoms. The first kappa shape index (κ1) is 19.0. The zero-order valence-corrected chi connectivity index (χ0v) is 15.6. The summed E-state index contributed by atoms with van der Waals surface area (Å²) in [5.41, 5.74) is 7.90. The summed E-state index contributed by atoms with van der Waals surface area (Å²) in [6.07, 6.45) is 2.75. The van der Waals surface area contributed by atoms with E-state index in [1.807, 2.05) is 30.3 Å². The molecule has 1 atom stereocenters. The predicted molar refractivity (Wildman–Crippen MR) is 104 cm³/mol. The highest BCUT2D eigenvalue weighted by Gasteiger charge is 2.28. The highest BCUT2D eigenvalue weighted by atomic mass is 16.5. The maximum absolute atomic E-state index is 13.0. The van der Waals surface area contributed by atoms with E-state index in [4.69, 9.17) is 15.2 Å². The van der Waals surface area contributed by atoms with Crippen LogP contribution >= 0.6 is 0 Å². The number of nitrogen functional groups attached to an aromatic ring is 1. The normalized spacial score (nSPS) is 16.8. The molecule has 0 unspecified atom stereocenters. The van der Waals surface area contributed by atoms with Crippen LogP contribution in [0.2, 0.25) is 0 Å². The van der Waals surface area contributed by atoms with E-state index in [9.17, 15) is 9.90 Å². The maximum atomic E-state index is 13.0. The van der Waals surface area contributed by atoms with Crippen molar-refractivity contribution >= 4 is 11.6 Å². The highest BCUT2D eigenvalue weighted by Crippen LogP contribution is 2.34. The number of ether oxygens (including phenoxy) is 2. The average molecular weight is 370 g/mol. The van der Waals surface area contributed by atoms with Gasteiger partial charge in [-0.1, -0.05) is 30.3 Å². The molecular weight excluding hydrogens is 344 g/mol. The summed E-state index contributed by atoms with van der Waals surface area (Å²) in [5, 5.41) is 9.58. The minimum atomic E-state index is -0.181. The molecule has 1 aliphatic heterocycles. The molecule has 0 bridgehead atoms. The molecule has 2 aromatic carbocycles. The van der Waals surface area contributed by atoms with Crippen LogP contribution in [-0.4, -0.2) is 42.2 Å². The van der Waals surface area contributed by atoms with Crippen molar-refractivity contribution in [1.29, 1.82) is 0 Å². The Morgan fingerprint density at radius 3 is 2.70 bits per heavy atom. The fourth-order valence-corrected chi connectivity index (χ4v) is 3.38. The van der Waals surface area contributed by atoms with Crippen molar-refractivity contribution in [2.45, 2.75) is 31.9 Å². The van der Waals surface area contributed by atoms with Gasteiger partial charge < -0.3 is 25.2 Å². The van der Waals surface area contributed by atoms with Gasteiger partial charge >= 0.3 is 0 Å². The molecule has 1 saturated heterocycles. The average Bonchev–Trinajstić information content (AvgIpc) is 2.72. The molecule has 1 heterocycles. The SMILES string of the molecule is COc1cc(C(=O)N2CCCC[C@H]2CO)c(N)cc1OCc1ccccc1. The van der Waals surface area contributed by atoms with Gasteiger partial charge in [0, 0.05) is 18.3 Å². The minimum Gasteiger partial charge on any atom is -0.493 e. The van der Waals surface area contributed by atoms with Crippen LogP contribution in [0.15, 0.2) is 42.5 Å². The Morgan fingerprint density at radius 2 is 2.00 bits per heavy atom. The maximum Gasteiger partial charge on any atom is 0.256 e. The number of rotatable bonds is 6. The number of hydrogen-bond donors (Lipinski definition) is 2. The van der Waals surface area contributed by atoms with E-state index < -0.39 is 0 Å². The van der Waals surface area contributed by atoms with E-state index in [-0.39, 0.29) is 18.6 Å². The van der Waals surface area contributed by atoms with Crippen molar-refractivity contribution in [3.8, 4) is 11.5 Å². The summed E-state index contributed by atoms with van der Waals surface area (Å²) in [4.78, 5) is 14.7. The number of likely N-dealkylation sites (tertiary alicyclic amines) is 1. The monoisotopic (exact) mass is 370 g/mol. The second-order valence-corrected chi connectivity index (χ2v) is 6.70. The molecule has 1 aliphatic rings. The molecule has 1 fully saturated rings. The Labute approximate surface area is 159 Å². The number of anilines is 1. The van der Waals surface area contributed by atoms with Crippen LogP contribution in [0.1, 0.15) is 35.2 Å². The Hall–Kier alpha value is -2.73. The third-order valence-electron chi connectivity index (χ3n) is 4.90. The third-order valence-corrected chi connectivity index (χ3v) is 4.90. The van der Waals surface area contributed by atoms with Gasteiger partial charge in [-0.05, 0) is 30.9 Å². The molecule has 0 saturated carbocycles. The third kappa shape index (κ3) is 4.34. The summed E-state index contributed by atoms with van der Waals surface area (Å²) in [6.45, 7) is 0.960. The lowest BCUT2D eigenvalue weighted by atomic mass is 10.0. The van der Waals surface area contributed by atoms with Crippen LogP contribution in [0.4, 0.5) is 5.69 Å². The molecule has 0 radical (unpaired) electrons. The fourth-order valence-electron chi connectivity index (χ4n) is 3.38. The van der Waals surface area contributed by atoms with Gasteiger partial charge in [0.15, 0.2) is 11.5 Å². The van der Waals surface area contributed by atoms with Gasteiger partial charge in [-0.15, -0.1) is 0 Å². The lowest BCUT2D eigenvalue weighted by molar-refractivity contribution is 0.0503. The fraction of sp³-hybridized carbons (Fsp3) is 0.381. The number of carbonyl (C=O) groups excluding carboxylic acids is 1. The van der Waals surface area contributed by atoms with Gasteiger partial charge in [-0.3, -0.25) is 4.79 Å². The molecule has 27 heavy (non-hydrogen) atoms. The smallest absolute Gasteiger partial charge is 0.256 e. The number of aliphatic hydroxyl groups excluding tert-OH is 1. The molecule has 3 rings (SSSR count). The summed E-state index contributed by atoms with van der Waals surface area (Å²) in [6, 6.07) is 12.9. The number of amides is 1. The molecule has 6 nitrogen and oxygen atoms in total. The van der Waals surface area contributed by atoms with Gasteiger partial charge in [-0.2, -0.15) is 0 Å². The number of carbonyl (C=O) groups is 1. The largest absolute Gasteiger partial charge is 0.493 e. The van der Waals surface area contributed by atoms with Gasteiger partial charge in [0.05, 0.1) is 25.3 Å². The van der Waals surface area contributed by atoms with E-state index in [2.05, 4.69) is 0 Å². The van der Waals surface area contributed by atoms with Gasteiger partial charge in [0.1, 0.15) is 6.61 Å². The molecule has 144 valence electrons. The van der Waals surface area contributed by atoms with E-state index in [0.717, 1.165) is 24.8 Å². The number of nitrogens with zero attached hydrogens (tertiary/aromatic N) is 1. The summed E-state index contributed by atoms with van der Waals surface area (Å²) in [7, 11) is 1.53. The zero-order valence-electron chi connectivity index (χ0n) is 15.6. The molecule has 2 aromatic rings. The van der Waals surface area contributed by atoms with E-state index >= 15 is 0 Å². The first-order chi connectivity index (χ1) is 13.1. The van der Waals surface area contributed by atoms with Crippen LogP contribution in [0.5, 0.6) is 11.5 Å². The number of hydrogen-bond acceptors (Lipinski definition) is 5. The number of benzene rings is 2. The van der Waals surface area contributed by atoms with Crippen LogP contribution in [0, 0.1) is 0 Å². The van der Waals surface area contributed by atoms with Gasteiger partial charge in [0.2, 0.25) is 0 Å². The van der Waals surface area contributed by atoms with Crippen LogP contribution < -0.4 is 15.2 Å². The molecular formula is C21H26N2O4. The van der Waals surface area contributed by atoms with Crippen molar-refractivity contribution in [2.75, 3.05) is 26.0 Å². The summed E-state index contributed by atoms with van der Waals surface area (Å²) in [5.74, 6) is 0.771. The van der Waals surface area contributed by atoms with Crippen LogP contribution in [-0.2, 0) is 6.61 Å². The van der Waals surface area contributed by atoms with Crippen molar-refractivity contribution in [3.63, 3.8) is 0 Å². The van der Waals surface area contributed by atoms with Gasteiger partial charge in [0.25, 0.3) is 5.91 Å². The second-order valence-electron chi connectivity index (χ2n) is 6.70. The highest BCUT2D eigenvalue weighted by molar-refractivity contribution is 6.00. The van der Waals surface area contributed by atoms with Crippen molar-refractivity contribution < 1.29 is 19.4 Å². The number of piperidine rings is 1. The zero-order chi connectivity index (χ0) is 19.2. The first-order valence-corrected chi connectivity index (χ1v) is 9.20. The Morgan fingerprint density at radius 1 is 1.22 bits per heavy atom. The van der Waals surface area contributed by atoms with Crippen molar-refractivity contribution in [3.05, 3.63) is 53.6 Å². The summed E-state index contributed by atoms with van der Waals surface area (Å²) >= 11 is 0. The summed E-state index contributed by atoms with van der Waals surface area (Å²) < 4.78 is 11.3. The molecule has 0 aliphatic carbocycles. The molecule has 1 amide bonds. The van der Waals surface area contributed by atoms with Crippen LogP contribution in [0.25, 0.3) is 0 Å². The van der Waals surface area contributed by atoms with E-state index in [1.165, 1.54) is 7.11 Å². The second kappa shape index (κ2) is 8.77. The Bertz CT molecular complexity index is 779. The number of nitrogens with two attached hydrogens (primary N) is 1. The molecule has 0 aromatic heterocycles. The minimum absolute atomic E-state index is 0.0406. The Kier molecular flexibility index (Phi) is 6.19. The van der Waals surface area contributed by atoms with Gasteiger partial charge in [-0.25, -0.2) is 0 Å². The lowest BCUT2D eigenvalue weighted by Gasteiger charge is -2.35. The quantitative estimate of drug-likeness (QED) is 0.764. The van der Waals surface area contributed by atoms with E-state index in [0.29, 0.717) is 35.9 Å². The standard InChI is InChI=1S/C21H26N2O4/c1-26-19-11-17(21(25)23-10-6-5-9-16(23)13-24)18(22)12-20(19)27-14-15-7-3-2-4-8-15/h2-4,7-8,11-12,16,24H,5-6,9-10,13-14,22H2,1H3/t16-/m0/s1. The lowest BCUT2D eigenvalue weighted by Crippen LogP contribution is -2.45. The Balaban J connectivity index is 1.81. The predicted octanol–water partition coefficient (Wildman–Crippen LogP) is 2.84. The molecule has 3 N–H and O–H groups in total. The number of methoxy groups -OCH3 is 1.